The molecule has 0 unspecified atom stereocenters. The second kappa shape index (κ2) is 44.4. The van der Waals surface area contributed by atoms with Gasteiger partial charge in [-0.05, 0) is 245 Å². The highest BCUT2D eigenvalue weighted by molar-refractivity contribution is 5.97. The number of benzene rings is 13. The van der Waals surface area contributed by atoms with Crippen molar-refractivity contribution in [3.8, 4) is 45.0 Å². The maximum Gasteiger partial charge on any atom is 0.230 e. The lowest BCUT2D eigenvalue weighted by Crippen LogP contribution is -2.19. The monoisotopic (exact) mass is 1830 g/mol. The third kappa shape index (κ3) is 24.2. The molecule has 21 rings (SSSR count). The minimum atomic E-state index is -0.253. The van der Waals surface area contributed by atoms with Gasteiger partial charge in [0.15, 0.2) is 23.3 Å². The van der Waals surface area contributed by atoms with Gasteiger partial charge in [-0.2, -0.15) is 0 Å². The van der Waals surface area contributed by atoms with Gasteiger partial charge in [0.2, 0.25) is 23.6 Å². The number of nitrogens with zero attached hydrogens (tertiary/aromatic N) is 8. The first-order valence-electron chi connectivity index (χ1n) is 46.6. The first-order chi connectivity index (χ1) is 68.1. The summed E-state index contributed by atoms with van der Waals surface area (Å²) in [4.78, 5) is 90.2. The number of aryl methyl sites for hydroxylation is 10. The summed E-state index contributed by atoms with van der Waals surface area (Å²) < 4.78 is 55.1. The fraction of sp³-hybridized carbons (Fsp3) is 0.126. The molecule has 0 saturated heterocycles. The van der Waals surface area contributed by atoms with Crippen molar-refractivity contribution in [3.05, 3.63) is 463 Å². The van der Waals surface area contributed by atoms with Crippen LogP contribution in [0.4, 0.5) is 40.8 Å². The molecule has 4 N–H and O–H groups in total. The van der Waals surface area contributed by atoms with E-state index in [0.29, 0.717) is 117 Å². The van der Waals surface area contributed by atoms with Crippen molar-refractivity contribution in [2.45, 2.75) is 96.3 Å². The molecule has 20 heteroatoms. The third-order valence-electron chi connectivity index (χ3n) is 24.3. The van der Waals surface area contributed by atoms with Crippen molar-refractivity contribution in [1.29, 1.82) is 0 Å². The first-order valence-corrected chi connectivity index (χ1v) is 46.6. The molecule has 0 saturated carbocycles. The highest BCUT2D eigenvalue weighted by Gasteiger charge is 2.29. The number of amides is 4. The minimum absolute atomic E-state index is 0.0807. The number of fused-ring (bicyclic) bond motifs is 13. The molecule has 0 bridgehead atoms. The molecule has 16 nitrogen and oxygen atoms in total. The number of carbonyl (C=O) groups is 4. The lowest BCUT2D eigenvalue weighted by molar-refractivity contribution is -0.117. The molecule has 17 aromatic rings. The standard InChI is InChI=1S/C32H24FN3O.C30H26FN3O.C29H24FN3O.C28H22FN3O/c33-26-14-15-27-25(20-26)13-17-28-31(27)34-29(16-11-21-6-2-1-3-7-21)32(35-28)36-30(37)19-22-10-12-23-8-4-5-9-24(23)18-22;31-24-16-17-25-23(20-24)15-19-26-29(25)32-27(18-14-22-10-5-2-6-11-22)30(33-26)34-28(35)13-7-12-21-8-3-1-4-9-21;30-23-14-15-24-22(19-23)13-17-25-28(24)31-26(16-11-20-7-3-1-4-8-20)29(32-25)33-27(34)18-12-21-9-5-2-6-10-21;29-22-13-14-23-21(18-22)12-16-24-27(23)30-25(15-11-19-7-3-1-4-8-19)28(31-24)32-26(33)17-20-9-5-2-6-10-20/h1-12,14-16,18,20H,13,17,19H2,(H,35,36,37);1-6,8-11,14,16-18,20H,7,12-13,15,19H2,(H,33,34,35);1-11,14-16,19H,12-13,17-18H2,(H,32,33,34);1-11,13-15,18H,12,16-17H2,(H,31,32,33)/b16-11+;18-14+;16-11+;15-11+. The molecule has 4 aliphatic rings. The molecule has 0 atom stereocenters. The van der Waals surface area contributed by atoms with E-state index in [2.05, 4.69) is 39.5 Å². The van der Waals surface area contributed by atoms with Gasteiger partial charge in [-0.1, -0.05) is 279 Å². The molecule has 0 spiro atoms. The van der Waals surface area contributed by atoms with Crippen LogP contribution in [-0.4, -0.2) is 63.5 Å². The normalized spacial score (nSPS) is 12.3. The Morgan fingerprint density at radius 1 is 0.245 bits per heavy atom. The number of aromatic nitrogens is 8. The fourth-order valence-electron chi connectivity index (χ4n) is 17.4. The molecule has 139 heavy (non-hydrogen) atoms. The van der Waals surface area contributed by atoms with Gasteiger partial charge < -0.3 is 21.3 Å². The molecule has 4 aromatic heterocycles. The Hall–Kier alpha value is -17.0. The number of hydrogen-bond donors (Lipinski definition) is 4. The molecule has 4 heterocycles. The van der Waals surface area contributed by atoms with Gasteiger partial charge in [0, 0.05) is 35.1 Å². The van der Waals surface area contributed by atoms with E-state index < -0.39 is 0 Å². The molecular formula is C119H96F4N12O4. The number of anilines is 4. The van der Waals surface area contributed by atoms with E-state index in [1.54, 1.807) is 48.5 Å². The second-order valence-corrected chi connectivity index (χ2v) is 34.2. The number of carbonyl (C=O) groups excluding carboxylic acids is 4. The fourth-order valence-corrected chi connectivity index (χ4v) is 17.4. The van der Waals surface area contributed by atoms with Gasteiger partial charge in [-0.25, -0.2) is 57.4 Å². The zero-order chi connectivity index (χ0) is 95.2. The van der Waals surface area contributed by atoms with Crippen molar-refractivity contribution >= 4 is 106 Å². The highest BCUT2D eigenvalue weighted by atomic mass is 19.1. The SMILES string of the molecule is O=C(CCCc1ccccc1)Nc1nc2c(nc1/C=C/c1ccccc1)-c1ccc(F)cc1CC2.O=C(CCc1ccccc1)Nc1nc2c(nc1/C=C/c1ccccc1)-c1ccc(F)cc1CC2.O=C(Cc1ccc2ccccc2c1)Nc1nc2c(nc1/C=C/c1ccccc1)-c1ccc(F)cc1CC2.O=C(Cc1ccccc1)Nc1nc2c(nc1/C=C/c1ccccc1)-c1ccc(F)cc1CC2. The van der Waals surface area contributed by atoms with Gasteiger partial charge in [0.25, 0.3) is 0 Å². The number of nitrogens with one attached hydrogen (secondary N) is 4. The van der Waals surface area contributed by atoms with Crippen molar-refractivity contribution in [2.75, 3.05) is 21.3 Å². The Kier molecular flexibility index (Phi) is 29.6. The predicted molar refractivity (Wildman–Crippen MR) is 547 cm³/mol. The van der Waals surface area contributed by atoms with Crippen molar-refractivity contribution in [2.24, 2.45) is 0 Å². The van der Waals surface area contributed by atoms with Crippen LogP contribution in [0.3, 0.4) is 0 Å². The van der Waals surface area contributed by atoms with Gasteiger partial charge in [0.05, 0.1) is 58.4 Å². The first kappa shape index (κ1) is 92.4. The number of rotatable bonds is 23. The summed E-state index contributed by atoms with van der Waals surface area (Å²) in [5, 5.41) is 14.2. The van der Waals surface area contributed by atoms with Crippen LogP contribution < -0.4 is 21.3 Å². The average Bonchev–Trinajstić information content (AvgIpc) is 0.782. The molecule has 0 aliphatic heterocycles. The summed E-state index contributed by atoms with van der Waals surface area (Å²) in [5.41, 5.74) is 24.1. The Balaban J connectivity index is 0.000000123. The minimum Gasteiger partial charge on any atom is -0.309 e. The zero-order valence-corrected chi connectivity index (χ0v) is 76.1. The maximum absolute atomic E-state index is 13.8. The Labute approximate surface area is 803 Å². The number of halogens is 4. The van der Waals surface area contributed by atoms with E-state index in [1.165, 1.54) is 29.8 Å². The van der Waals surface area contributed by atoms with Crippen LogP contribution in [-0.2, 0) is 96.2 Å². The quantitative estimate of drug-likeness (QED) is 0.0440. The van der Waals surface area contributed by atoms with Gasteiger partial charge in [0.1, 0.15) is 46.0 Å². The zero-order valence-electron chi connectivity index (χ0n) is 76.1. The van der Waals surface area contributed by atoms with Crippen molar-refractivity contribution in [1.82, 2.24) is 39.9 Å². The molecule has 4 amide bonds. The van der Waals surface area contributed by atoms with Crippen molar-refractivity contribution in [3.63, 3.8) is 0 Å². The predicted octanol–water partition coefficient (Wildman–Crippen LogP) is 25.3. The lowest BCUT2D eigenvalue weighted by Gasteiger charge is -2.20. The number of hydrogen-bond acceptors (Lipinski definition) is 12. The summed E-state index contributed by atoms with van der Waals surface area (Å²) in [6.07, 6.45) is 24.1. The van der Waals surface area contributed by atoms with Crippen LogP contribution in [0, 0.1) is 23.3 Å². The van der Waals surface area contributed by atoms with E-state index in [1.807, 2.05) is 285 Å². The largest absolute Gasteiger partial charge is 0.309 e. The Morgan fingerprint density at radius 3 is 0.863 bits per heavy atom. The molecule has 13 aromatic carbocycles. The molecular weight excluding hydrogens is 1740 g/mol. The third-order valence-corrected chi connectivity index (χ3v) is 24.3. The molecule has 4 aliphatic carbocycles. The molecule has 0 fully saturated rings. The maximum atomic E-state index is 13.8. The summed E-state index contributed by atoms with van der Waals surface area (Å²) in [6, 6.07) is 103. The van der Waals surface area contributed by atoms with Gasteiger partial charge in [-0.3, -0.25) is 19.2 Å². The van der Waals surface area contributed by atoms with E-state index in [0.717, 1.165) is 153 Å². The van der Waals surface area contributed by atoms with Gasteiger partial charge in [-0.15, -0.1) is 0 Å². The summed E-state index contributed by atoms with van der Waals surface area (Å²) >= 11 is 0. The summed E-state index contributed by atoms with van der Waals surface area (Å²) in [5.74, 6) is 0.297. The molecule has 684 valence electrons. The smallest absolute Gasteiger partial charge is 0.230 e. The van der Waals surface area contributed by atoms with E-state index in [9.17, 15) is 36.7 Å². The topological polar surface area (TPSA) is 220 Å². The van der Waals surface area contributed by atoms with Crippen LogP contribution in [0.1, 0.15) is 132 Å². The van der Waals surface area contributed by atoms with Crippen LogP contribution >= 0.6 is 0 Å². The van der Waals surface area contributed by atoms with Crippen LogP contribution in [0.5, 0.6) is 0 Å². The van der Waals surface area contributed by atoms with E-state index in [-0.39, 0.29) is 59.7 Å². The summed E-state index contributed by atoms with van der Waals surface area (Å²) in [6.45, 7) is 0. The highest BCUT2D eigenvalue weighted by Crippen LogP contribution is 2.40. The Morgan fingerprint density at radius 2 is 0.525 bits per heavy atom. The van der Waals surface area contributed by atoms with Crippen molar-refractivity contribution < 1.29 is 36.7 Å². The van der Waals surface area contributed by atoms with Crippen LogP contribution in [0.25, 0.3) is 104 Å². The lowest BCUT2D eigenvalue weighted by atomic mass is 9.91. The van der Waals surface area contributed by atoms with E-state index >= 15 is 0 Å². The van der Waals surface area contributed by atoms with Gasteiger partial charge >= 0.3 is 0 Å². The van der Waals surface area contributed by atoms with E-state index in [4.69, 9.17) is 39.9 Å². The second-order valence-electron chi connectivity index (χ2n) is 34.2. The molecule has 0 radical (unpaired) electrons. The average molecular weight is 1830 g/mol. The van der Waals surface area contributed by atoms with Crippen LogP contribution in [0.15, 0.2) is 328 Å². The summed E-state index contributed by atoms with van der Waals surface area (Å²) in [7, 11) is 0. The van der Waals surface area contributed by atoms with Crippen LogP contribution in [0.2, 0.25) is 0 Å². The Bertz CT molecular complexity index is 7480.